The van der Waals surface area contributed by atoms with E-state index in [1.54, 1.807) is 0 Å². The van der Waals surface area contributed by atoms with Crippen LogP contribution in [0.4, 0.5) is 11.6 Å². The highest BCUT2D eigenvalue weighted by molar-refractivity contribution is 5.68. The van der Waals surface area contributed by atoms with Crippen LogP contribution in [0.5, 0.6) is 0 Å². The smallest absolute Gasteiger partial charge is 0.162 e. The van der Waals surface area contributed by atoms with Crippen molar-refractivity contribution < 1.29 is 0 Å². The number of aromatic nitrogens is 4. The topological polar surface area (TPSA) is 50.1 Å². The van der Waals surface area contributed by atoms with Crippen molar-refractivity contribution in [3.8, 4) is 11.4 Å². The number of nitrogens with zero attached hydrogens (tertiary/aromatic N) is 6. The van der Waals surface area contributed by atoms with E-state index in [1.807, 2.05) is 4.68 Å². The van der Waals surface area contributed by atoms with Crippen LogP contribution in [0.3, 0.4) is 0 Å². The minimum atomic E-state index is 0.421. The minimum Gasteiger partial charge on any atom is -0.354 e. The molecule has 1 aromatic carbocycles. The predicted molar refractivity (Wildman–Crippen MR) is 140 cm³/mol. The first-order valence-corrected chi connectivity index (χ1v) is 12.9. The van der Waals surface area contributed by atoms with E-state index in [9.17, 15) is 0 Å². The van der Waals surface area contributed by atoms with Gasteiger partial charge in [-0.05, 0) is 57.1 Å². The first-order chi connectivity index (χ1) is 16.3. The summed E-state index contributed by atoms with van der Waals surface area (Å²) < 4.78 is 2.04. The van der Waals surface area contributed by atoms with Gasteiger partial charge in [0.25, 0.3) is 0 Å². The molecular weight excluding hydrogens is 420 g/mol. The van der Waals surface area contributed by atoms with Crippen LogP contribution in [-0.2, 0) is 20.0 Å². The van der Waals surface area contributed by atoms with E-state index in [4.69, 9.17) is 15.1 Å². The van der Waals surface area contributed by atoms with Gasteiger partial charge >= 0.3 is 0 Å². The average molecular weight is 459 g/mol. The number of hydrogen-bond acceptors (Lipinski definition) is 5. The molecule has 0 saturated carbocycles. The highest BCUT2D eigenvalue weighted by Gasteiger charge is 2.30. The monoisotopic (exact) mass is 458 g/mol. The van der Waals surface area contributed by atoms with Crippen molar-refractivity contribution in [3.63, 3.8) is 0 Å². The molecular formula is C28H38N6. The van der Waals surface area contributed by atoms with Crippen molar-refractivity contribution in [3.05, 3.63) is 52.3 Å². The molecule has 6 heteroatoms. The van der Waals surface area contributed by atoms with Gasteiger partial charge in [-0.25, -0.2) is 9.97 Å². The van der Waals surface area contributed by atoms with Crippen LogP contribution in [0, 0.1) is 13.8 Å². The Morgan fingerprint density at radius 3 is 2.47 bits per heavy atom. The van der Waals surface area contributed by atoms with E-state index in [-0.39, 0.29) is 0 Å². The molecule has 0 radical (unpaired) electrons. The molecule has 0 amide bonds. The second-order valence-electron chi connectivity index (χ2n) is 10.5. The number of anilines is 2. The second kappa shape index (κ2) is 9.05. The SMILES string of the molecule is Cc1cccc(C)c1-c1nc2c(c(N3CCCCC3C)n1)CN(c1cc(C(C)C)nn1C)CC2. The van der Waals surface area contributed by atoms with Crippen molar-refractivity contribution in [2.75, 3.05) is 22.9 Å². The van der Waals surface area contributed by atoms with Crippen molar-refractivity contribution in [2.45, 2.75) is 78.8 Å². The minimum absolute atomic E-state index is 0.421. The Morgan fingerprint density at radius 2 is 1.79 bits per heavy atom. The van der Waals surface area contributed by atoms with Crippen LogP contribution in [0.25, 0.3) is 11.4 Å². The normalized spacial score (nSPS) is 18.5. The van der Waals surface area contributed by atoms with Gasteiger partial charge in [0, 0.05) is 56.3 Å². The number of benzene rings is 1. The molecule has 34 heavy (non-hydrogen) atoms. The second-order valence-corrected chi connectivity index (χ2v) is 10.5. The lowest BCUT2D eigenvalue weighted by Crippen LogP contribution is -2.41. The zero-order valence-corrected chi connectivity index (χ0v) is 21.6. The third-order valence-corrected chi connectivity index (χ3v) is 7.61. The van der Waals surface area contributed by atoms with Crippen LogP contribution < -0.4 is 9.80 Å². The summed E-state index contributed by atoms with van der Waals surface area (Å²) in [5.74, 6) is 3.64. The molecule has 1 unspecified atom stereocenters. The maximum atomic E-state index is 5.30. The molecule has 2 aliphatic heterocycles. The Balaban J connectivity index is 1.61. The quantitative estimate of drug-likeness (QED) is 0.512. The van der Waals surface area contributed by atoms with E-state index in [2.05, 4.69) is 75.7 Å². The Hall–Kier alpha value is -2.89. The summed E-state index contributed by atoms with van der Waals surface area (Å²) in [4.78, 5) is 15.5. The van der Waals surface area contributed by atoms with Gasteiger partial charge in [-0.2, -0.15) is 5.10 Å². The van der Waals surface area contributed by atoms with E-state index in [0.717, 1.165) is 43.4 Å². The number of fused-ring (bicyclic) bond motifs is 1. The van der Waals surface area contributed by atoms with Gasteiger partial charge < -0.3 is 9.80 Å². The van der Waals surface area contributed by atoms with Crippen molar-refractivity contribution in [1.29, 1.82) is 0 Å². The molecule has 0 bridgehead atoms. The highest BCUT2D eigenvalue weighted by atomic mass is 15.4. The zero-order chi connectivity index (χ0) is 24.0. The number of rotatable bonds is 4. The van der Waals surface area contributed by atoms with Gasteiger partial charge in [0.05, 0.1) is 11.4 Å². The van der Waals surface area contributed by atoms with Crippen LogP contribution in [-0.4, -0.2) is 38.9 Å². The first-order valence-electron chi connectivity index (χ1n) is 12.9. The van der Waals surface area contributed by atoms with Crippen LogP contribution in [0.1, 0.15) is 74.0 Å². The van der Waals surface area contributed by atoms with E-state index in [0.29, 0.717) is 12.0 Å². The summed E-state index contributed by atoms with van der Waals surface area (Å²) in [6.07, 6.45) is 4.67. The fourth-order valence-electron chi connectivity index (χ4n) is 5.58. The molecule has 3 aromatic rings. The zero-order valence-electron chi connectivity index (χ0n) is 21.6. The molecule has 180 valence electrons. The molecule has 0 aliphatic carbocycles. The maximum absolute atomic E-state index is 5.30. The van der Waals surface area contributed by atoms with Gasteiger partial charge in [0.15, 0.2) is 5.82 Å². The molecule has 1 atom stereocenters. The Kier molecular flexibility index (Phi) is 6.09. The van der Waals surface area contributed by atoms with Crippen molar-refractivity contribution >= 4 is 11.6 Å². The first kappa shape index (κ1) is 22.9. The average Bonchev–Trinajstić information content (AvgIpc) is 3.20. The van der Waals surface area contributed by atoms with E-state index in [1.165, 1.54) is 53.0 Å². The van der Waals surface area contributed by atoms with Gasteiger partial charge in [0.2, 0.25) is 0 Å². The third kappa shape index (κ3) is 4.08. The van der Waals surface area contributed by atoms with Crippen molar-refractivity contribution in [1.82, 2.24) is 19.7 Å². The Bertz CT molecular complexity index is 1170. The fraction of sp³-hybridized carbons (Fsp3) is 0.536. The highest BCUT2D eigenvalue weighted by Crippen LogP contribution is 2.36. The standard InChI is InChI=1S/C28H38N6/c1-18(2)24-16-25(32(6)31-24)33-15-13-23-22(17-33)28(34-14-8-7-12-21(34)5)30-27(29-23)26-19(3)10-9-11-20(26)4/h9-11,16,18,21H,7-8,12-15,17H2,1-6H3. The lowest BCUT2D eigenvalue weighted by atomic mass is 9.98. The van der Waals surface area contributed by atoms with Crippen LogP contribution >= 0.6 is 0 Å². The van der Waals surface area contributed by atoms with Crippen LogP contribution in [0.2, 0.25) is 0 Å². The van der Waals surface area contributed by atoms with Gasteiger partial charge in [-0.3, -0.25) is 4.68 Å². The molecule has 6 nitrogen and oxygen atoms in total. The molecule has 1 saturated heterocycles. The molecule has 2 aliphatic rings. The molecule has 2 aromatic heterocycles. The Morgan fingerprint density at radius 1 is 1.03 bits per heavy atom. The predicted octanol–water partition coefficient (Wildman–Crippen LogP) is 5.56. The molecule has 4 heterocycles. The lowest BCUT2D eigenvalue weighted by Gasteiger charge is -2.38. The van der Waals surface area contributed by atoms with Gasteiger partial charge in [-0.15, -0.1) is 0 Å². The van der Waals surface area contributed by atoms with E-state index >= 15 is 0 Å². The number of hydrogen-bond donors (Lipinski definition) is 0. The molecule has 1 fully saturated rings. The Labute approximate surface area is 204 Å². The summed E-state index contributed by atoms with van der Waals surface area (Å²) in [6, 6.07) is 9.22. The largest absolute Gasteiger partial charge is 0.354 e. The molecule has 0 spiro atoms. The summed E-state index contributed by atoms with van der Waals surface area (Å²) >= 11 is 0. The maximum Gasteiger partial charge on any atom is 0.162 e. The third-order valence-electron chi connectivity index (χ3n) is 7.61. The van der Waals surface area contributed by atoms with Crippen LogP contribution in [0.15, 0.2) is 24.3 Å². The fourth-order valence-corrected chi connectivity index (χ4v) is 5.58. The summed E-state index contributed by atoms with van der Waals surface area (Å²) in [5.41, 5.74) is 7.32. The molecule has 5 rings (SSSR count). The lowest BCUT2D eigenvalue weighted by molar-refractivity contribution is 0.478. The van der Waals surface area contributed by atoms with Gasteiger partial charge in [0.1, 0.15) is 11.6 Å². The number of piperidine rings is 1. The van der Waals surface area contributed by atoms with E-state index < -0.39 is 0 Å². The summed E-state index contributed by atoms with van der Waals surface area (Å²) in [7, 11) is 2.06. The summed E-state index contributed by atoms with van der Waals surface area (Å²) in [6.45, 7) is 14.0. The van der Waals surface area contributed by atoms with Crippen molar-refractivity contribution in [2.24, 2.45) is 7.05 Å². The van der Waals surface area contributed by atoms with Gasteiger partial charge in [-0.1, -0.05) is 32.0 Å². The number of aryl methyl sites for hydroxylation is 3. The molecule has 0 N–H and O–H groups in total. The summed E-state index contributed by atoms with van der Waals surface area (Å²) in [5, 5.41) is 4.77.